The number of aromatic nitrogens is 3. The van der Waals surface area contributed by atoms with Gasteiger partial charge in [-0.1, -0.05) is 5.21 Å². The Morgan fingerprint density at radius 3 is 2.86 bits per heavy atom. The van der Waals surface area contributed by atoms with Crippen molar-refractivity contribution in [2.45, 2.75) is 13.5 Å². The van der Waals surface area contributed by atoms with Gasteiger partial charge in [0.25, 0.3) is 5.69 Å². The highest BCUT2D eigenvalue weighted by Crippen LogP contribution is 2.20. The number of anilines is 1. The summed E-state index contributed by atoms with van der Waals surface area (Å²) < 4.78 is 1.39. The molecule has 0 bridgehead atoms. The zero-order valence-electron chi connectivity index (χ0n) is 11.2. The van der Waals surface area contributed by atoms with Crippen LogP contribution < -0.4 is 5.32 Å². The molecule has 2 N–H and O–H groups in total. The van der Waals surface area contributed by atoms with Gasteiger partial charge in [-0.15, -0.1) is 5.10 Å². The van der Waals surface area contributed by atoms with Crippen LogP contribution in [0.3, 0.4) is 0 Å². The molecule has 2 rings (SSSR count). The molecular formula is C12H13N5O4. The van der Waals surface area contributed by atoms with Gasteiger partial charge in [0, 0.05) is 24.4 Å². The number of hydrogen-bond donors (Lipinski definition) is 2. The highest BCUT2D eigenvalue weighted by atomic mass is 16.6. The molecule has 110 valence electrons. The highest BCUT2D eigenvalue weighted by Gasteiger charge is 2.09. The second kappa shape index (κ2) is 5.99. The quantitative estimate of drug-likeness (QED) is 0.607. The maximum Gasteiger partial charge on any atom is 0.358 e. The second-order valence-corrected chi connectivity index (χ2v) is 4.41. The van der Waals surface area contributed by atoms with Gasteiger partial charge in [-0.05, 0) is 18.6 Å². The van der Waals surface area contributed by atoms with Crippen molar-refractivity contribution in [3.05, 3.63) is 45.8 Å². The van der Waals surface area contributed by atoms with Crippen LogP contribution in [-0.4, -0.2) is 37.5 Å². The number of carboxylic acids is 1. The Balaban J connectivity index is 1.96. The molecule has 1 aromatic heterocycles. The number of nitrogens with one attached hydrogen (secondary N) is 1. The van der Waals surface area contributed by atoms with Crippen molar-refractivity contribution in [3.8, 4) is 0 Å². The highest BCUT2D eigenvalue weighted by molar-refractivity contribution is 5.84. The van der Waals surface area contributed by atoms with Crippen molar-refractivity contribution in [3.63, 3.8) is 0 Å². The number of benzene rings is 1. The molecule has 1 aromatic carbocycles. The van der Waals surface area contributed by atoms with E-state index in [9.17, 15) is 14.9 Å². The van der Waals surface area contributed by atoms with Gasteiger partial charge in [0.15, 0.2) is 5.69 Å². The van der Waals surface area contributed by atoms with Gasteiger partial charge in [-0.2, -0.15) is 0 Å². The van der Waals surface area contributed by atoms with Gasteiger partial charge in [0.2, 0.25) is 0 Å². The molecule has 21 heavy (non-hydrogen) atoms. The third kappa shape index (κ3) is 3.75. The molecule has 9 nitrogen and oxygen atoms in total. The average Bonchev–Trinajstić information content (AvgIpc) is 2.87. The summed E-state index contributed by atoms with van der Waals surface area (Å²) in [5.41, 5.74) is 1.30. The maximum absolute atomic E-state index is 10.8. The van der Waals surface area contributed by atoms with Gasteiger partial charge < -0.3 is 10.4 Å². The first-order valence-corrected chi connectivity index (χ1v) is 6.09. The van der Waals surface area contributed by atoms with Gasteiger partial charge in [0.05, 0.1) is 17.7 Å². The molecule has 0 spiro atoms. The fourth-order valence-electron chi connectivity index (χ4n) is 1.79. The number of nitrogens with zero attached hydrogens (tertiary/aromatic N) is 4. The number of hydrogen-bond acceptors (Lipinski definition) is 6. The fourth-order valence-corrected chi connectivity index (χ4v) is 1.79. The van der Waals surface area contributed by atoms with Crippen molar-refractivity contribution < 1.29 is 14.8 Å². The van der Waals surface area contributed by atoms with Crippen molar-refractivity contribution in [2.75, 3.05) is 11.9 Å². The van der Waals surface area contributed by atoms with E-state index in [0.29, 0.717) is 18.8 Å². The third-order valence-electron chi connectivity index (χ3n) is 2.70. The van der Waals surface area contributed by atoms with E-state index in [-0.39, 0.29) is 11.4 Å². The minimum absolute atomic E-state index is 0.0198. The molecule has 0 atom stereocenters. The van der Waals surface area contributed by atoms with Gasteiger partial charge in [-0.3, -0.25) is 10.1 Å². The molecule has 0 fully saturated rings. The van der Waals surface area contributed by atoms with E-state index < -0.39 is 10.9 Å². The van der Waals surface area contributed by atoms with E-state index >= 15 is 0 Å². The summed E-state index contributed by atoms with van der Waals surface area (Å²) in [6.45, 7) is 2.60. The summed E-state index contributed by atoms with van der Waals surface area (Å²) in [7, 11) is 0. The SMILES string of the molecule is Cc1cc(NCCn2cc(C(=O)O)nn2)cc([N+](=O)[O-])c1. The summed E-state index contributed by atoms with van der Waals surface area (Å²) in [6.07, 6.45) is 1.32. The average molecular weight is 291 g/mol. The molecule has 0 radical (unpaired) electrons. The monoisotopic (exact) mass is 291 g/mol. The molecule has 0 aliphatic carbocycles. The Morgan fingerprint density at radius 2 is 2.24 bits per heavy atom. The molecule has 0 saturated heterocycles. The minimum atomic E-state index is -1.14. The van der Waals surface area contributed by atoms with Crippen LogP contribution in [0.1, 0.15) is 16.1 Å². The molecule has 0 unspecified atom stereocenters. The third-order valence-corrected chi connectivity index (χ3v) is 2.70. The smallest absolute Gasteiger partial charge is 0.358 e. The largest absolute Gasteiger partial charge is 0.476 e. The van der Waals surface area contributed by atoms with Crippen LogP contribution in [0.2, 0.25) is 0 Å². The number of nitro benzene ring substituents is 1. The van der Waals surface area contributed by atoms with Crippen LogP contribution in [0.15, 0.2) is 24.4 Å². The lowest BCUT2D eigenvalue weighted by molar-refractivity contribution is -0.384. The Kier molecular flexibility index (Phi) is 4.12. The van der Waals surface area contributed by atoms with Crippen molar-refractivity contribution in [1.29, 1.82) is 0 Å². The summed E-state index contributed by atoms with van der Waals surface area (Å²) in [6, 6.07) is 4.72. The number of carbonyl (C=O) groups is 1. The topological polar surface area (TPSA) is 123 Å². The van der Waals surface area contributed by atoms with E-state index in [2.05, 4.69) is 15.6 Å². The zero-order valence-corrected chi connectivity index (χ0v) is 11.2. The fraction of sp³-hybridized carbons (Fsp3) is 0.250. The summed E-state index contributed by atoms with van der Waals surface area (Å²) in [4.78, 5) is 21.0. The molecule has 0 amide bonds. The van der Waals surface area contributed by atoms with Crippen molar-refractivity contribution in [2.24, 2.45) is 0 Å². The number of rotatable bonds is 6. The first-order valence-electron chi connectivity index (χ1n) is 6.09. The van der Waals surface area contributed by atoms with Crippen LogP contribution in [0.5, 0.6) is 0 Å². The molecule has 0 aliphatic rings. The van der Waals surface area contributed by atoms with E-state index in [1.165, 1.54) is 23.0 Å². The standard InChI is InChI=1S/C12H13N5O4/c1-8-4-9(6-10(5-8)17(20)21)13-2-3-16-7-11(12(18)19)14-15-16/h4-7,13H,2-3H2,1H3,(H,18,19). The summed E-state index contributed by atoms with van der Waals surface area (Å²) in [5, 5.41) is 29.7. The van der Waals surface area contributed by atoms with Crippen molar-refractivity contribution in [1.82, 2.24) is 15.0 Å². The minimum Gasteiger partial charge on any atom is -0.476 e. The van der Waals surface area contributed by atoms with E-state index in [1.54, 1.807) is 13.0 Å². The van der Waals surface area contributed by atoms with E-state index in [1.807, 2.05) is 0 Å². The van der Waals surface area contributed by atoms with Gasteiger partial charge in [-0.25, -0.2) is 9.48 Å². The predicted octanol–water partition coefficient (Wildman–Crippen LogP) is 1.31. The Bertz CT molecular complexity index is 682. The van der Waals surface area contributed by atoms with Gasteiger partial charge in [0.1, 0.15) is 0 Å². The summed E-state index contributed by atoms with van der Waals surface area (Å²) >= 11 is 0. The Labute approximate surface area is 119 Å². The van der Waals surface area contributed by atoms with E-state index in [4.69, 9.17) is 5.11 Å². The number of nitro groups is 1. The normalized spacial score (nSPS) is 10.3. The number of carboxylic acid groups (broad SMARTS) is 1. The predicted molar refractivity (Wildman–Crippen MR) is 73.3 cm³/mol. The zero-order chi connectivity index (χ0) is 15.4. The van der Waals surface area contributed by atoms with Crippen LogP contribution in [0, 0.1) is 17.0 Å². The van der Waals surface area contributed by atoms with Crippen molar-refractivity contribution >= 4 is 17.3 Å². The molecule has 9 heteroatoms. The van der Waals surface area contributed by atoms with Gasteiger partial charge >= 0.3 is 5.97 Å². The molecule has 2 aromatic rings. The summed E-state index contributed by atoms with van der Waals surface area (Å²) in [5.74, 6) is -1.14. The lowest BCUT2D eigenvalue weighted by Crippen LogP contribution is -2.11. The van der Waals surface area contributed by atoms with Crippen LogP contribution >= 0.6 is 0 Å². The Morgan fingerprint density at radius 1 is 1.48 bits per heavy atom. The van der Waals surface area contributed by atoms with Crippen LogP contribution in [0.25, 0.3) is 0 Å². The lowest BCUT2D eigenvalue weighted by atomic mass is 10.2. The molecule has 0 aliphatic heterocycles. The number of non-ortho nitro benzene ring substituents is 1. The lowest BCUT2D eigenvalue weighted by Gasteiger charge is -2.07. The number of aryl methyl sites for hydroxylation is 1. The van der Waals surface area contributed by atoms with E-state index in [0.717, 1.165) is 5.56 Å². The first kappa shape index (κ1) is 14.4. The molecule has 0 saturated carbocycles. The second-order valence-electron chi connectivity index (χ2n) is 4.41. The molecule has 1 heterocycles. The maximum atomic E-state index is 10.8. The number of aromatic carboxylic acids is 1. The molecular weight excluding hydrogens is 278 g/mol. The van der Waals surface area contributed by atoms with Crippen LogP contribution in [-0.2, 0) is 6.54 Å². The first-order chi connectivity index (χ1) is 9.95. The van der Waals surface area contributed by atoms with Crippen LogP contribution in [0.4, 0.5) is 11.4 Å². The Hall–Kier alpha value is -2.97.